The van der Waals surface area contributed by atoms with Crippen molar-refractivity contribution in [1.82, 2.24) is 0 Å². The van der Waals surface area contributed by atoms with Crippen molar-refractivity contribution < 1.29 is 35.9 Å². The highest BCUT2D eigenvalue weighted by atomic mass is 79.9. The zero-order valence-corrected chi connectivity index (χ0v) is 21.8. The molecule has 33 heavy (non-hydrogen) atoms. The molecule has 0 radical (unpaired) electrons. The van der Waals surface area contributed by atoms with E-state index in [1.54, 1.807) is 23.3 Å². The summed E-state index contributed by atoms with van der Waals surface area (Å²) in [6.07, 6.45) is 3.70. The van der Waals surface area contributed by atoms with Crippen LogP contribution >= 0.6 is 23.5 Å². The topological polar surface area (TPSA) is 47.3 Å². The lowest BCUT2D eigenvalue weighted by atomic mass is 10.2. The predicted molar refractivity (Wildman–Crippen MR) is 132 cm³/mol. The number of nitrogens with zero attached hydrogens (tertiary/aromatic N) is 1. The molecule has 3 rings (SSSR count). The van der Waals surface area contributed by atoms with E-state index in [4.69, 9.17) is 4.74 Å². The summed E-state index contributed by atoms with van der Waals surface area (Å²) in [4.78, 5) is 25.7. The number of ketones is 1. The van der Waals surface area contributed by atoms with Crippen molar-refractivity contribution in [3.05, 3.63) is 106 Å². The molecule has 0 spiro atoms. The average molecular weight is 545 g/mol. The highest BCUT2D eigenvalue weighted by molar-refractivity contribution is 8.22. The molecule has 2 aromatic carbocycles. The van der Waals surface area contributed by atoms with Crippen LogP contribution in [0.4, 0.5) is 0 Å². The number of aryl methyl sites for hydroxylation is 1. The van der Waals surface area contributed by atoms with Gasteiger partial charge >= 0.3 is 11.7 Å². The minimum atomic E-state index is -0.406. The van der Waals surface area contributed by atoms with Crippen LogP contribution in [0.15, 0.2) is 89.4 Å². The molecule has 1 aromatic heterocycles. The quantitative estimate of drug-likeness (QED) is 0.170. The lowest BCUT2D eigenvalue weighted by Crippen LogP contribution is -3.00. The standard InChI is InChI=1S/C26H26NO3S2.BrH/c1-3-30-25(29)24(27-16-14-20(2)15-17-27)26(31-18-21-10-6-4-7-11-21)32-19-23(28)22-12-8-5-9-13-22;/h4-17H,3,18-19H2,1-2H3;1H/q+1;/p-1/b26-24-;. The van der Waals surface area contributed by atoms with Crippen molar-refractivity contribution in [2.45, 2.75) is 19.6 Å². The van der Waals surface area contributed by atoms with Gasteiger partial charge in [0.1, 0.15) is 4.24 Å². The van der Waals surface area contributed by atoms with Crippen LogP contribution in [0, 0.1) is 6.92 Å². The fourth-order valence-corrected chi connectivity index (χ4v) is 5.14. The third kappa shape index (κ3) is 8.18. The number of halogens is 1. The number of carbonyl (C=O) groups excluding carboxylic acids is 2. The van der Waals surface area contributed by atoms with E-state index < -0.39 is 5.97 Å². The maximum absolute atomic E-state index is 13.0. The van der Waals surface area contributed by atoms with Gasteiger partial charge in [-0.2, -0.15) is 4.57 Å². The molecule has 0 saturated carbocycles. The molecule has 0 amide bonds. The van der Waals surface area contributed by atoms with Crippen molar-refractivity contribution in [3.8, 4) is 0 Å². The number of pyridine rings is 1. The Morgan fingerprint density at radius 3 is 2.09 bits per heavy atom. The van der Waals surface area contributed by atoms with E-state index >= 15 is 0 Å². The first-order chi connectivity index (χ1) is 15.6. The molecule has 3 aromatic rings. The number of hydrogen-bond acceptors (Lipinski definition) is 5. The molecule has 7 heteroatoms. The molecule has 0 aliphatic rings. The van der Waals surface area contributed by atoms with Gasteiger partial charge in [0, 0.05) is 23.4 Å². The molecule has 0 fully saturated rings. The second-order valence-electron chi connectivity index (χ2n) is 6.99. The van der Waals surface area contributed by atoms with Crippen molar-refractivity contribution >= 4 is 41.0 Å². The maximum Gasteiger partial charge on any atom is 0.405 e. The van der Waals surface area contributed by atoms with Crippen LogP contribution in [0.25, 0.3) is 5.70 Å². The zero-order chi connectivity index (χ0) is 22.8. The Balaban J connectivity index is 0.00000385. The largest absolute Gasteiger partial charge is 1.00 e. The summed E-state index contributed by atoms with van der Waals surface area (Å²) < 4.78 is 7.92. The van der Waals surface area contributed by atoms with Gasteiger partial charge in [-0.3, -0.25) is 4.79 Å². The lowest BCUT2D eigenvalue weighted by Gasteiger charge is -2.10. The van der Waals surface area contributed by atoms with Gasteiger partial charge in [0.2, 0.25) is 0 Å². The molecule has 1 heterocycles. The molecule has 0 aliphatic carbocycles. The van der Waals surface area contributed by atoms with Crippen LogP contribution in [0.2, 0.25) is 0 Å². The van der Waals surface area contributed by atoms with E-state index in [-0.39, 0.29) is 35.1 Å². The van der Waals surface area contributed by atoms with Gasteiger partial charge in [-0.15, -0.1) is 23.5 Å². The van der Waals surface area contributed by atoms with E-state index in [0.717, 1.165) is 15.4 Å². The Labute approximate surface area is 214 Å². The van der Waals surface area contributed by atoms with Crippen LogP contribution in [0.3, 0.4) is 0 Å². The molecule has 0 aliphatic heterocycles. The monoisotopic (exact) mass is 543 g/mol. The van der Waals surface area contributed by atoms with E-state index in [0.29, 0.717) is 17.0 Å². The Morgan fingerprint density at radius 1 is 0.879 bits per heavy atom. The minimum Gasteiger partial charge on any atom is -1.00 e. The molecule has 0 atom stereocenters. The Hall–Kier alpha value is -2.35. The predicted octanol–water partition coefficient (Wildman–Crippen LogP) is 2.53. The number of hydrogen-bond donors (Lipinski definition) is 0. The molecular weight excluding hydrogens is 518 g/mol. The van der Waals surface area contributed by atoms with Crippen LogP contribution in [-0.4, -0.2) is 24.1 Å². The van der Waals surface area contributed by atoms with Crippen LogP contribution in [0.1, 0.15) is 28.4 Å². The molecule has 4 nitrogen and oxygen atoms in total. The first-order valence-electron chi connectivity index (χ1n) is 10.4. The number of ether oxygens (including phenoxy) is 1. The maximum atomic E-state index is 13.0. The van der Waals surface area contributed by atoms with Crippen LogP contribution < -0.4 is 21.5 Å². The molecule has 0 bridgehead atoms. The first kappa shape index (κ1) is 26.9. The summed E-state index contributed by atoms with van der Waals surface area (Å²) >= 11 is 2.92. The van der Waals surface area contributed by atoms with Gasteiger partial charge in [-0.25, -0.2) is 4.79 Å². The van der Waals surface area contributed by atoms with Crippen molar-refractivity contribution in [1.29, 1.82) is 0 Å². The normalized spacial score (nSPS) is 11.2. The fourth-order valence-electron chi connectivity index (χ4n) is 2.88. The van der Waals surface area contributed by atoms with Gasteiger partial charge < -0.3 is 21.7 Å². The third-order valence-electron chi connectivity index (χ3n) is 4.56. The second-order valence-corrected chi connectivity index (χ2v) is 9.22. The SMILES string of the molecule is CCOC(=O)/C(=C(/SCC(=O)c1ccccc1)SCc1ccccc1)[n+]1ccc(C)cc1.[Br-]. The molecular formula is C26H26BrNO3S2. The van der Waals surface area contributed by atoms with Gasteiger partial charge in [0.25, 0.3) is 0 Å². The number of carbonyl (C=O) groups is 2. The number of benzene rings is 2. The number of esters is 1. The highest BCUT2D eigenvalue weighted by Crippen LogP contribution is 2.35. The van der Waals surface area contributed by atoms with Gasteiger partial charge in [0.05, 0.1) is 12.4 Å². The Bertz CT molecular complexity index is 1070. The number of Topliss-reactive ketones (excluding diaryl/α,β-unsaturated/α-hetero) is 1. The molecule has 0 saturated heterocycles. The smallest absolute Gasteiger partial charge is 0.405 e. The van der Waals surface area contributed by atoms with Gasteiger partial charge in [-0.1, -0.05) is 60.7 Å². The summed E-state index contributed by atoms with van der Waals surface area (Å²) in [6, 6.07) is 23.2. The number of thioether (sulfide) groups is 2. The molecule has 0 unspecified atom stereocenters. The van der Waals surface area contributed by atoms with Gasteiger partial charge in [0.15, 0.2) is 18.2 Å². The second kappa shape index (κ2) is 14.0. The van der Waals surface area contributed by atoms with Crippen LogP contribution in [0.5, 0.6) is 0 Å². The molecule has 0 N–H and O–H groups in total. The van der Waals surface area contributed by atoms with E-state index in [2.05, 4.69) is 0 Å². The zero-order valence-electron chi connectivity index (χ0n) is 18.6. The Morgan fingerprint density at radius 2 is 1.48 bits per heavy atom. The van der Waals surface area contributed by atoms with E-state index in [9.17, 15) is 9.59 Å². The van der Waals surface area contributed by atoms with Crippen LogP contribution in [-0.2, 0) is 15.3 Å². The van der Waals surface area contributed by atoms with E-state index in [1.165, 1.54) is 11.8 Å². The summed E-state index contributed by atoms with van der Waals surface area (Å²) in [5, 5.41) is 0. The van der Waals surface area contributed by atoms with Crippen molar-refractivity contribution in [2.24, 2.45) is 0 Å². The number of aromatic nitrogens is 1. The number of rotatable bonds is 10. The summed E-state index contributed by atoms with van der Waals surface area (Å²) in [7, 11) is 0. The molecule has 172 valence electrons. The fraction of sp³-hybridized carbons (Fsp3) is 0.192. The lowest BCUT2D eigenvalue weighted by molar-refractivity contribution is -0.578. The van der Waals surface area contributed by atoms with E-state index in [1.807, 2.05) is 92.1 Å². The minimum absolute atomic E-state index is 0. The summed E-state index contributed by atoms with van der Waals surface area (Å²) in [5.41, 5.74) is 3.32. The summed E-state index contributed by atoms with van der Waals surface area (Å²) in [5.74, 6) is 0.524. The van der Waals surface area contributed by atoms with Gasteiger partial charge in [-0.05, 0) is 25.0 Å². The summed E-state index contributed by atoms with van der Waals surface area (Å²) in [6.45, 7) is 4.06. The van der Waals surface area contributed by atoms with Crippen molar-refractivity contribution in [2.75, 3.05) is 12.4 Å². The average Bonchev–Trinajstić information content (AvgIpc) is 2.83. The Kier molecular flexibility index (Phi) is 11.4. The highest BCUT2D eigenvalue weighted by Gasteiger charge is 2.28. The first-order valence-corrected chi connectivity index (χ1v) is 12.3. The third-order valence-corrected chi connectivity index (χ3v) is 7.06. The van der Waals surface area contributed by atoms with Crippen molar-refractivity contribution in [3.63, 3.8) is 0 Å².